The van der Waals surface area contributed by atoms with Gasteiger partial charge in [0.2, 0.25) is 10.0 Å². The fourth-order valence-electron chi connectivity index (χ4n) is 3.09. The minimum absolute atomic E-state index is 0.0125. The van der Waals surface area contributed by atoms with Crippen molar-refractivity contribution in [1.29, 1.82) is 0 Å². The van der Waals surface area contributed by atoms with Gasteiger partial charge >= 0.3 is 0 Å². The number of methoxy groups -OCH3 is 1. The van der Waals surface area contributed by atoms with Crippen molar-refractivity contribution in [1.82, 2.24) is 4.72 Å². The zero-order valence-corrected chi connectivity index (χ0v) is 20.1. The van der Waals surface area contributed by atoms with Gasteiger partial charge in [-0.2, -0.15) is 0 Å². The molecule has 2 N–H and O–H groups in total. The van der Waals surface area contributed by atoms with Crippen LogP contribution in [-0.2, 0) is 14.8 Å². The fourth-order valence-corrected chi connectivity index (χ4v) is 4.12. The summed E-state index contributed by atoms with van der Waals surface area (Å²) in [5, 5.41) is 2.80. The highest BCUT2D eigenvalue weighted by Crippen LogP contribution is 2.25. The van der Waals surface area contributed by atoms with E-state index >= 15 is 0 Å². The highest BCUT2D eigenvalue weighted by Gasteiger charge is 2.18. The van der Waals surface area contributed by atoms with E-state index in [0.29, 0.717) is 29.4 Å². The number of nitrogens with one attached hydrogen (secondary N) is 2. The number of hydrogen-bond acceptors (Lipinski definition) is 6. The highest BCUT2D eigenvalue weighted by atomic mass is 32.2. The maximum atomic E-state index is 12.8. The van der Waals surface area contributed by atoms with Crippen molar-refractivity contribution in [3.63, 3.8) is 0 Å². The molecular formula is C25H28N2O6S. The normalized spacial score (nSPS) is 11.1. The first-order valence-electron chi connectivity index (χ1n) is 10.7. The largest absolute Gasteiger partial charge is 0.494 e. The third-order valence-corrected chi connectivity index (χ3v) is 6.30. The van der Waals surface area contributed by atoms with Crippen LogP contribution in [0.15, 0.2) is 71.6 Å². The molecule has 34 heavy (non-hydrogen) atoms. The second-order valence-corrected chi connectivity index (χ2v) is 9.12. The van der Waals surface area contributed by atoms with Gasteiger partial charge in [-0.15, -0.1) is 0 Å². The molecule has 3 rings (SSSR count). The molecule has 0 spiro atoms. The third-order valence-electron chi connectivity index (χ3n) is 4.84. The van der Waals surface area contributed by atoms with Gasteiger partial charge in [0.05, 0.1) is 18.1 Å². The Morgan fingerprint density at radius 1 is 0.912 bits per heavy atom. The number of rotatable bonds is 11. The molecule has 0 saturated heterocycles. The predicted octanol–water partition coefficient (Wildman–Crippen LogP) is 4.36. The zero-order valence-electron chi connectivity index (χ0n) is 19.3. The summed E-state index contributed by atoms with van der Waals surface area (Å²) in [5.41, 5.74) is 1.48. The molecular weight excluding hydrogens is 456 g/mol. The number of aryl methyl sites for hydroxylation is 1. The van der Waals surface area contributed by atoms with Gasteiger partial charge in [0.25, 0.3) is 5.91 Å². The van der Waals surface area contributed by atoms with Crippen LogP contribution in [-0.4, -0.2) is 41.2 Å². The van der Waals surface area contributed by atoms with Gasteiger partial charge in [0.1, 0.15) is 17.2 Å². The van der Waals surface area contributed by atoms with Crippen molar-refractivity contribution in [2.75, 3.05) is 32.2 Å². The number of sulfonamides is 1. The summed E-state index contributed by atoms with van der Waals surface area (Å²) in [7, 11) is -2.27. The third kappa shape index (κ3) is 6.80. The molecule has 0 unspecified atom stereocenters. The molecule has 0 fully saturated rings. The van der Waals surface area contributed by atoms with E-state index in [1.165, 1.54) is 19.2 Å². The van der Waals surface area contributed by atoms with Crippen molar-refractivity contribution in [2.45, 2.75) is 18.7 Å². The van der Waals surface area contributed by atoms with E-state index in [2.05, 4.69) is 10.0 Å². The number of benzene rings is 3. The van der Waals surface area contributed by atoms with Gasteiger partial charge in [0.15, 0.2) is 0 Å². The molecule has 0 atom stereocenters. The summed E-state index contributed by atoms with van der Waals surface area (Å²) in [5.74, 6) is 1.62. The van der Waals surface area contributed by atoms with Crippen LogP contribution in [0.25, 0.3) is 0 Å². The topological polar surface area (TPSA) is 103 Å². The molecule has 0 aliphatic carbocycles. The molecule has 180 valence electrons. The standard InChI is InChI=1S/C25H28N2O6S/c1-4-32-20-10-12-22(13-11-20)33-21-8-6-19(7-9-21)27-25(28)24-17-23(14-5-18(24)2)34(29,30)26-15-16-31-3/h5-14,17,26H,4,15-16H2,1-3H3,(H,27,28). The Balaban J connectivity index is 1.67. The summed E-state index contributed by atoms with van der Waals surface area (Å²) in [6.07, 6.45) is 0. The van der Waals surface area contributed by atoms with Crippen LogP contribution in [0.4, 0.5) is 5.69 Å². The minimum atomic E-state index is -3.75. The maximum Gasteiger partial charge on any atom is 0.255 e. The van der Waals surface area contributed by atoms with E-state index in [4.69, 9.17) is 14.2 Å². The number of hydrogen-bond donors (Lipinski definition) is 2. The van der Waals surface area contributed by atoms with E-state index in [9.17, 15) is 13.2 Å². The molecule has 8 nitrogen and oxygen atoms in total. The Morgan fingerprint density at radius 3 is 2.15 bits per heavy atom. The van der Waals surface area contributed by atoms with Crippen molar-refractivity contribution < 1.29 is 27.4 Å². The van der Waals surface area contributed by atoms with Crippen LogP contribution in [0.5, 0.6) is 17.2 Å². The average Bonchev–Trinajstić information content (AvgIpc) is 2.82. The number of amides is 1. The minimum Gasteiger partial charge on any atom is -0.494 e. The van der Waals surface area contributed by atoms with Crippen LogP contribution in [0.3, 0.4) is 0 Å². The molecule has 0 aromatic heterocycles. The Bertz CT molecular complexity index is 1210. The monoisotopic (exact) mass is 484 g/mol. The van der Waals surface area contributed by atoms with Crippen molar-refractivity contribution in [3.8, 4) is 17.2 Å². The first kappa shape index (κ1) is 25.2. The molecule has 1 amide bonds. The summed E-state index contributed by atoms with van der Waals surface area (Å²) >= 11 is 0. The van der Waals surface area contributed by atoms with Crippen molar-refractivity contribution >= 4 is 21.6 Å². The number of ether oxygens (including phenoxy) is 3. The van der Waals surface area contributed by atoms with Gasteiger partial charge in [0, 0.05) is 24.9 Å². The lowest BCUT2D eigenvalue weighted by Crippen LogP contribution is -2.27. The lowest BCUT2D eigenvalue weighted by atomic mass is 10.1. The van der Waals surface area contributed by atoms with E-state index in [1.54, 1.807) is 37.3 Å². The van der Waals surface area contributed by atoms with Gasteiger partial charge < -0.3 is 19.5 Å². The van der Waals surface area contributed by atoms with Gasteiger partial charge in [-0.3, -0.25) is 4.79 Å². The first-order valence-corrected chi connectivity index (χ1v) is 12.2. The molecule has 0 heterocycles. The molecule has 0 saturated carbocycles. The molecule has 0 bridgehead atoms. The molecule has 0 aliphatic heterocycles. The van der Waals surface area contributed by atoms with E-state index in [-0.39, 0.29) is 23.6 Å². The Hall–Kier alpha value is -3.40. The number of carbonyl (C=O) groups is 1. The quantitative estimate of drug-likeness (QED) is 0.392. The lowest BCUT2D eigenvalue weighted by Gasteiger charge is -2.12. The van der Waals surface area contributed by atoms with E-state index in [1.807, 2.05) is 31.2 Å². The summed E-state index contributed by atoms with van der Waals surface area (Å²) in [6, 6.07) is 18.6. The van der Waals surface area contributed by atoms with Crippen LogP contribution in [0.1, 0.15) is 22.8 Å². The zero-order chi connectivity index (χ0) is 24.6. The molecule has 0 radical (unpaired) electrons. The second kappa shape index (κ2) is 11.6. The number of carbonyl (C=O) groups excluding carboxylic acids is 1. The summed E-state index contributed by atoms with van der Waals surface area (Å²) < 4.78 is 43.5. The van der Waals surface area contributed by atoms with Crippen LogP contribution in [0.2, 0.25) is 0 Å². The smallest absolute Gasteiger partial charge is 0.255 e. The van der Waals surface area contributed by atoms with Gasteiger partial charge in [-0.25, -0.2) is 13.1 Å². The molecule has 3 aromatic rings. The molecule has 3 aromatic carbocycles. The Labute approximate surface area is 199 Å². The Morgan fingerprint density at radius 2 is 1.53 bits per heavy atom. The van der Waals surface area contributed by atoms with Gasteiger partial charge in [-0.05, 0) is 80.1 Å². The SMILES string of the molecule is CCOc1ccc(Oc2ccc(NC(=O)c3cc(S(=O)(=O)NCCOC)ccc3C)cc2)cc1. The molecule has 9 heteroatoms. The predicted molar refractivity (Wildman–Crippen MR) is 130 cm³/mol. The number of anilines is 1. The van der Waals surface area contributed by atoms with E-state index in [0.717, 1.165) is 5.75 Å². The van der Waals surface area contributed by atoms with Crippen LogP contribution >= 0.6 is 0 Å². The highest BCUT2D eigenvalue weighted by molar-refractivity contribution is 7.89. The van der Waals surface area contributed by atoms with Gasteiger partial charge in [-0.1, -0.05) is 6.07 Å². The maximum absolute atomic E-state index is 12.8. The van der Waals surface area contributed by atoms with Crippen LogP contribution in [0, 0.1) is 6.92 Å². The van der Waals surface area contributed by atoms with Crippen molar-refractivity contribution in [3.05, 3.63) is 77.9 Å². The average molecular weight is 485 g/mol. The van der Waals surface area contributed by atoms with Crippen LogP contribution < -0.4 is 19.5 Å². The first-order chi connectivity index (χ1) is 16.3. The lowest BCUT2D eigenvalue weighted by molar-refractivity contribution is 0.102. The second-order valence-electron chi connectivity index (χ2n) is 7.35. The Kier molecular flexibility index (Phi) is 8.64. The fraction of sp³-hybridized carbons (Fsp3) is 0.240. The summed E-state index contributed by atoms with van der Waals surface area (Å²) in [6.45, 7) is 4.65. The van der Waals surface area contributed by atoms with Crippen molar-refractivity contribution in [2.24, 2.45) is 0 Å². The summed E-state index contributed by atoms with van der Waals surface area (Å²) in [4.78, 5) is 12.9. The van der Waals surface area contributed by atoms with E-state index < -0.39 is 15.9 Å². The molecule has 0 aliphatic rings.